The van der Waals surface area contributed by atoms with Gasteiger partial charge in [0, 0.05) is 18.7 Å². The number of aryl methyl sites for hydroxylation is 1. The predicted molar refractivity (Wildman–Crippen MR) is 114 cm³/mol. The Labute approximate surface area is 158 Å². The molecule has 1 atom stereocenters. The second kappa shape index (κ2) is 7.53. The minimum absolute atomic E-state index is 0.129. The zero-order valence-electron chi connectivity index (χ0n) is 16.8. The summed E-state index contributed by atoms with van der Waals surface area (Å²) in [5, 5.41) is 3.48. The molecule has 1 nitrogen and oxygen atoms in total. The average Bonchev–Trinajstić information content (AvgIpc) is 2.63. The molecule has 136 valence electrons. The molecule has 1 heteroatoms. The normalized spacial score (nSPS) is 15.5. The highest BCUT2D eigenvalue weighted by molar-refractivity contribution is 5.65. The van der Waals surface area contributed by atoms with Crippen LogP contribution >= 0.6 is 0 Å². The van der Waals surface area contributed by atoms with E-state index in [2.05, 4.69) is 93.7 Å². The Morgan fingerprint density at radius 2 is 1.73 bits per heavy atom. The second-order valence-corrected chi connectivity index (χ2v) is 8.28. The van der Waals surface area contributed by atoms with Crippen molar-refractivity contribution in [3.63, 3.8) is 0 Å². The number of allylic oxidation sites excluding steroid dienone is 4. The van der Waals surface area contributed by atoms with Crippen LogP contribution in [0.1, 0.15) is 61.8 Å². The minimum atomic E-state index is 0.129. The molecule has 0 saturated carbocycles. The summed E-state index contributed by atoms with van der Waals surface area (Å²) >= 11 is 0. The Hall–Kier alpha value is -2.28. The second-order valence-electron chi connectivity index (χ2n) is 8.28. The quantitative estimate of drug-likeness (QED) is 0.647. The fourth-order valence-electron chi connectivity index (χ4n) is 3.86. The van der Waals surface area contributed by atoms with Gasteiger partial charge in [-0.25, -0.2) is 0 Å². The first-order chi connectivity index (χ1) is 12.4. The smallest absolute Gasteiger partial charge is 0.0409 e. The average molecular weight is 346 g/mol. The SMILES string of the molecule is CNc1c(C)cc(C(C)(C)C)cc1C(C1=CCCC=C1)c1ccccc1. The predicted octanol–water partition coefficient (Wildman–Crippen LogP) is 6.74. The molecular formula is C25H31N. The van der Waals surface area contributed by atoms with Gasteiger partial charge in [0.05, 0.1) is 0 Å². The van der Waals surface area contributed by atoms with E-state index in [1.165, 1.54) is 33.5 Å². The van der Waals surface area contributed by atoms with Gasteiger partial charge in [-0.15, -0.1) is 0 Å². The molecule has 0 radical (unpaired) electrons. The van der Waals surface area contributed by atoms with Gasteiger partial charge in [0.25, 0.3) is 0 Å². The topological polar surface area (TPSA) is 12.0 Å². The third kappa shape index (κ3) is 3.77. The van der Waals surface area contributed by atoms with Crippen LogP contribution in [0.2, 0.25) is 0 Å². The highest BCUT2D eigenvalue weighted by atomic mass is 14.8. The van der Waals surface area contributed by atoms with E-state index in [9.17, 15) is 0 Å². The summed E-state index contributed by atoms with van der Waals surface area (Å²) in [6.07, 6.45) is 9.31. The van der Waals surface area contributed by atoms with Crippen LogP contribution in [0.4, 0.5) is 5.69 Å². The van der Waals surface area contributed by atoms with E-state index < -0.39 is 0 Å². The molecule has 2 aromatic carbocycles. The minimum Gasteiger partial charge on any atom is -0.388 e. The number of nitrogens with one attached hydrogen (secondary N) is 1. The van der Waals surface area contributed by atoms with Crippen LogP contribution in [0.15, 0.2) is 66.3 Å². The number of rotatable bonds is 4. The first-order valence-electron chi connectivity index (χ1n) is 9.66. The lowest BCUT2D eigenvalue weighted by Gasteiger charge is -2.28. The van der Waals surface area contributed by atoms with Crippen molar-refractivity contribution in [2.24, 2.45) is 0 Å². The van der Waals surface area contributed by atoms with Gasteiger partial charge >= 0.3 is 0 Å². The molecular weight excluding hydrogens is 314 g/mol. The highest BCUT2D eigenvalue weighted by Gasteiger charge is 2.25. The van der Waals surface area contributed by atoms with Crippen molar-refractivity contribution in [3.8, 4) is 0 Å². The van der Waals surface area contributed by atoms with Gasteiger partial charge in [0.15, 0.2) is 0 Å². The lowest BCUT2D eigenvalue weighted by Crippen LogP contribution is -2.15. The number of hydrogen-bond donors (Lipinski definition) is 1. The van der Waals surface area contributed by atoms with Gasteiger partial charge in [-0.1, -0.05) is 81.5 Å². The standard InChI is InChI=1S/C25H31N/c1-18-16-21(25(2,3)4)17-22(24(18)26-5)23(19-12-8-6-9-13-19)20-14-10-7-11-15-20/h6,8-10,12-17,23,26H,7,11H2,1-5H3. The maximum atomic E-state index is 3.48. The van der Waals surface area contributed by atoms with Crippen molar-refractivity contribution in [2.45, 2.75) is 51.9 Å². The van der Waals surface area contributed by atoms with Gasteiger partial charge in [-0.2, -0.15) is 0 Å². The van der Waals surface area contributed by atoms with Crippen molar-refractivity contribution in [1.29, 1.82) is 0 Å². The lowest BCUT2D eigenvalue weighted by atomic mass is 9.77. The summed E-state index contributed by atoms with van der Waals surface area (Å²) in [6.45, 7) is 9.10. The molecule has 2 aromatic rings. The molecule has 0 fully saturated rings. The van der Waals surface area contributed by atoms with Crippen molar-refractivity contribution < 1.29 is 0 Å². The molecule has 26 heavy (non-hydrogen) atoms. The summed E-state index contributed by atoms with van der Waals surface area (Å²) in [4.78, 5) is 0. The first kappa shape index (κ1) is 18.5. The van der Waals surface area contributed by atoms with Crippen molar-refractivity contribution >= 4 is 5.69 Å². The summed E-state index contributed by atoms with van der Waals surface area (Å²) in [6, 6.07) is 15.7. The van der Waals surface area contributed by atoms with Crippen molar-refractivity contribution in [3.05, 3.63) is 88.5 Å². The van der Waals surface area contributed by atoms with E-state index in [-0.39, 0.29) is 11.3 Å². The molecule has 1 aliphatic rings. The molecule has 0 heterocycles. The van der Waals surface area contributed by atoms with Crippen LogP contribution in [-0.4, -0.2) is 7.05 Å². The summed E-state index contributed by atoms with van der Waals surface area (Å²) in [5.74, 6) is 0.260. The van der Waals surface area contributed by atoms with E-state index in [4.69, 9.17) is 0 Å². The molecule has 1 unspecified atom stereocenters. The zero-order chi connectivity index (χ0) is 18.7. The van der Waals surface area contributed by atoms with E-state index in [0.29, 0.717) is 0 Å². The maximum Gasteiger partial charge on any atom is 0.0409 e. The van der Waals surface area contributed by atoms with Gasteiger partial charge in [-0.3, -0.25) is 0 Å². The van der Waals surface area contributed by atoms with Crippen LogP contribution in [0.25, 0.3) is 0 Å². The summed E-state index contributed by atoms with van der Waals surface area (Å²) in [7, 11) is 2.04. The Bertz CT molecular complexity index is 819. The molecule has 3 rings (SSSR count). The molecule has 0 saturated heterocycles. The first-order valence-corrected chi connectivity index (χ1v) is 9.66. The molecule has 0 aromatic heterocycles. The number of hydrogen-bond acceptors (Lipinski definition) is 1. The summed E-state index contributed by atoms with van der Waals surface area (Å²) in [5.41, 5.74) is 8.23. The molecule has 1 N–H and O–H groups in total. The van der Waals surface area contributed by atoms with Crippen LogP contribution in [0.5, 0.6) is 0 Å². The molecule has 0 aliphatic heterocycles. The fraction of sp³-hybridized carbons (Fsp3) is 0.360. The van der Waals surface area contributed by atoms with Crippen LogP contribution < -0.4 is 5.32 Å². The number of anilines is 1. The van der Waals surface area contributed by atoms with Gasteiger partial charge in [-0.05, 0) is 53.0 Å². The third-order valence-electron chi connectivity index (χ3n) is 5.28. The fourth-order valence-corrected chi connectivity index (χ4v) is 3.86. The molecule has 0 amide bonds. The third-order valence-corrected chi connectivity index (χ3v) is 5.28. The van der Waals surface area contributed by atoms with E-state index in [1.54, 1.807) is 0 Å². The van der Waals surface area contributed by atoms with Gasteiger partial charge in [0.2, 0.25) is 0 Å². The van der Waals surface area contributed by atoms with E-state index in [0.717, 1.165) is 12.8 Å². The van der Waals surface area contributed by atoms with Gasteiger partial charge in [0.1, 0.15) is 0 Å². The molecule has 1 aliphatic carbocycles. The van der Waals surface area contributed by atoms with E-state index >= 15 is 0 Å². The van der Waals surface area contributed by atoms with Crippen molar-refractivity contribution in [1.82, 2.24) is 0 Å². The maximum absolute atomic E-state index is 3.48. The van der Waals surface area contributed by atoms with Crippen LogP contribution in [0, 0.1) is 6.92 Å². The Morgan fingerprint density at radius 3 is 2.31 bits per heavy atom. The molecule has 0 bridgehead atoms. The molecule has 0 spiro atoms. The van der Waals surface area contributed by atoms with Gasteiger partial charge < -0.3 is 5.32 Å². The summed E-state index contributed by atoms with van der Waals surface area (Å²) < 4.78 is 0. The monoisotopic (exact) mass is 345 g/mol. The zero-order valence-corrected chi connectivity index (χ0v) is 16.8. The van der Waals surface area contributed by atoms with Crippen LogP contribution in [-0.2, 0) is 5.41 Å². The number of benzene rings is 2. The Kier molecular flexibility index (Phi) is 5.36. The Morgan fingerprint density at radius 1 is 1.00 bits per heavy atom. The Balaban J connectivity index is 2.25. The largest absolute Gasteiger partial charge is 0.388 e. The van der Waals surface area contributed by atoms with Crippen LogP contribution in [0.3, 0.4) is 0 Å². The van der Waals surface area contributed by atoms with Crippen molar-refractivity contribution in [2.75, 3.05) is 12.4 Å². The lowest BCUT2D eigenvalue weighted by molar-refractivity contribution is 0.588. The van der Waals surface area contributed by atoms with E-state index in [1.807, 2.05) is 7.05 Å². The highest BCUT2D eigenvalue weighted by Crippen LogP contribution is 2.41.